The third kappa shape index (κ3) is 2.28. The fourth-order valence-corrected chi connectivity index (χ4v) is 4.41. The molecule has 1 heterocycles. The zero-order chi connectivity index (χ0) is 14.4. The van der Waals surface area contributed by atoms with Crippen molar-refractivity contribution in [3.05, 3.63) is 34.9 Å². The van der Waals surface area contributed by atoms with Crippen molar-refractivity contribution in [2.45, 2.75) is 44.6 Å². The first-order chi connectivity index (χ1) is 10.2. The highest BCUT2D eigenvalue weighted by Crippen LogP contribution is 2.37. The largest absolute Gasteiger partial charge is 0.392 e. The first kappa shape index (κ1) is 13.3. The van der Waals surface area contributed by atoms with E-state index in [0.717, 1.165) is 44.3 Å². The second-order valence-electron chi connectivity index (χ2n) is 6.99. The van der Waals surface area contributed by atoms with Gasteiger partial charge in [-0.3, -0.25) is 4.79 Å². The molecule has 1 aliphatic heterocycles. The molecule has 1 N–H and O–H groups in total. The highest BCUT2D eigenvalue weighted by molar-refractivity contribution is 5.94. The SMILES string of the molecule is O=C(c1ccc2c(c1)CCCC2)N1C[C@H]2CC[C@@H](C1)C2O. The Hall–Kier alpha value is -1.35. The number of nitrogens with zero attached hydrogens (tertiary/aromatic N) is 1. The summed E-state index contributed by atoms with van der Waals surface area (Å²) in [6.45, 7) is 1.46. The summed E-state index contributed by atoms with van der Waals surface area (Å²) in [6, 6.07) is 6.26. The quantitative estimate of drug-likeness (QED) is 0.861. The maximum Gasteiger partial charge on any atom is 0.253 e. The van der Waals surface area contributed by atoms with Crippen LogP contribution in [-0.4, -0.2) is 35.1 Å². The second kappa shape index (κ2) is 5.13. The molecule has 1 saturated carbocycles. The van der Waals surface area contributed by atoms with Crippen LogP contribution in [0.15, 0.2) is 18.2 Å². The molecule has 3 aliphatic rings. The molecule has 4 rings (SSSR count). The van der Waals surface area contributed by atoms with Crippen LogP contribution in [0.25, 0.3) is 0 Å². The van der Waals surface area contributed by atoms with Crippen LogP contribution < -0.4 is 0 Å². The van der Waals surface area contributed by atoms with E-state index < -0.39 is 0 Å². The maximum absolute atomic E-state index is 12.8. The van der Waals surface area contributed by atoms with Crippen molar-refractivity contribution < 1.29 is 9.90 Å². The van der Waals surface area contributed by atoms with E-state index in [0.29, 0.717) is 11.8 Å². The molecule has 1 amide bonds. The molecular weight excluding hydrogens is 262 g/mol. The van der Waals surface area contributed by atoms with Gasteiger partial charge in [0.1, 0.15) is 0 Å². The molecule has 3 nitrogen and oxygen atoms in total. The van der Waals surface area contributed by atoms with Crippen molar-refractivity contribution in [1.29, 1.82) is 0 Å². The van der Waals surface area contributed by atoms with Gasteiger partial charge in [-0.2, -0.15) is 0 Å². The van der Waals surface area contributed by atoms with Crippen LogP contribution in [0.2, 0.25) is 0 Å². The summed E-state index contributed by atoms with van der Waals surface area (Å²) in [6.07, 6.45) is 6.74. The summed E-state index contributed by atoms with van der Waals surface area (Å²) in [4.78, 5) is 14.7. The Morgan fingerprint density at radius 3 is 2.43 bits per heavy atom. The summed E-state index contributed by atoms with van der Waals surface area (Å²) < 4.78 is 0. The highest BCUT2D eigenvalue weighted by Gasteiger charge is 2.42. The van der Waals surface area contributed by atoms with Crippen LogP contribution in [0.1, 0.15) is 47.2 Å². The number of hydrogen-bond donors (Lipinski definition) is 1. The Morgan fingerprint density at radius 1 is 1.05 bits per heavy atom. The first-order valence-corrected chi connectivity index (χ1v) is 8.31. The van der Waals surface area contributed by atoms with Gasteiger partial charge in [-0.05, 0) is 61.8 Å². The lowest BCUT2D eigenvalue weighted by molar-refractivity contribution is 0.0166. The smallest absolute Gasteiger partial charge is 0.253 e. The lowest BCUT2D eigenvalue weighted by atomic mass is 9.89. The van der Waals surface area contributed by atoms with Crippen molar-refractivity contribution in [3.8, 4) is 0 Å². The molecular formula is C18H23NO2. The summed E-state index contributed by atoms with van der Waals surface area (Å²) in [5.74, 6) is 0.753. The Labute approximate surface area is 126 Å². The number of fused-ring (bicyclic) bond motifs is 3. The lowest BCUT2D eigenvalue weighted by Gasteiger charge is -2.35. The first-order valence-electron chi connectivity index (χ1n) is 8.31. The third-order valence-corrected chi connectivity index (χ3v) is 5.67. The van der Waals surface area contributed by atoms with Crippen LogP contribution in [0.3, 0.4) is 0 Å². The Morgan fingerprint density at radius 2 is 1.71 bits per heavy atom. The fourth-order valence-electron chi connectivity index (χ4n) is 4.41. The fraction of sp³-hybridized carbons (Fsp3) is 0.611. The highest BCUT2D eigenvalue weighted by atomic mass is 16.3. The van der Waals surface area contributed by atoms with Gasteiger partial charge in [-0.25, -0.2) is 0 Å². The number of aryl methyl sites for hydroxylation is 2. The third-order valence-electron chi connectivity index (χ3n) is 5.67. The number of benzene rings is 1. The molecule has 2 aliphatic carbocycles. The molecule has 2 bridgehead atoms. The number of aliphatic hydroxyl groups is 1. The van der Waals surface area contributed by atoms with Gasteiger partial charge in [-0.15, -0.1) is 0 Å². The predicted octanol–water partition coefficient (Wildman–Crippen LogP) is 2.41. The molecule has 3 heteroatoms. The molecule has 1 aromatic rings. The number of likely N-dealkylation sites (tertiary alicyclic amines) is 1. The molecule has 21 heavy (non-hydrogen) atoms. The molecule has 1 unspecified atom stereocenters. The molecule has 0 radical (unpaired) electrons. The van der Waals surface area contributed by atoms with Gasteiger partial charge in [0.2, 0.25) is 0 Å². The van der Waals surface area contributed by atoms with E-state index in [1.54, 1.807) is 0 Å². The molecule has 112 valence electrons. The molecule has 0 aromatic heterocycles. The number of carbonyl (C=O) groups is 1. The van der Waals surface area contributed by atoms with Gasteiger partial charge in [0, 0.05) is 30.5 Å². The van der Waals surface area contributed by atoms with Crippen LogP contribution in [-0.2, 0) is 12.8 Å². The van der Waals surface area contributed by atoms with Crippen molar-refractivity contribution in [1.82, 2.24) is 4.90 Å². The number of amides is 1. The topological polar surface area (TPSA) is 40.5 Å². The molecule has 3 atom stereocenters. The summed E-state index contributed by atoms with van der Waals surface area (Å²) in [5.41, 5.74) is 3.63. The van der Waals surface area contributed by atoms with Gasteiger partial charge in [0.05, 0.1) is 6.10 Å². The molecule has 1 saturated heterocycles. The minimum atomic E-state index is -0.183. The normalized spacial score (nSPS) is 31.1. The number of carbonyl (C=O) groups excluding carboxylic acids is 1. The average molecular weight is 285 g/mol. The van der Waals surface area contributed by atoms with Gasteiger partial charge in [0.15, 0.2) is 0 Å². The van der Waals surface area contributed by atoms with E-state index in [-0.39, 0.29) is 12.0 Å². The Balaban J connectivity index is 1.55. The summed E-state index contributed by atoms with van der Waals surface area (Å²) >= 11 is 0. The second-order valence-corrected chi connectivity index (χ2v) is 6.99. The number of piperidine rings is 1. The van der Waals surface area contributed by atoms with Gasteiger partial charge < -0.3 is 10.0 Å². The Kier molecular flexibility index (Phi) is 3.26. The lowest BCUT2D eigenvalue weighted by Crippen LogP contribution is -2.47. The number of aliphatic hydroxyl groups excluding tert-OH is 1. The van der Waals surface area contributed by atoms with E-state index in [4.69, 9.17) is 0 Å². The van der Waals surface area contributed by atoms with Crippen LogP contribution in [0.4, 0.5) is 0 Å². The number of hydrogen-bond acceptors (Lipinski definition) is 2. The standard InChI is InChI=1S/C18H23NO2/c20-17-15-7-8-16(17)11-19(10-15)18(21)14-6-5-12-3-1-2-4-13(12)9-14/h5-6,9,15-17,20H,1-4,7-8,10-11H2/t15-,16+,17?. The van der Waals surface area contributed by atoms with Crippen molar-refractivity contribution in [2.24, 2.45) is 11.8 Å². The van der Waals surface area contributed by atoms with Crippen molar-refractivity contribution in [3.63, 3.8) is 0 Å². The van der Waals surface area contributed by atoms with Crippen LogP contribution in [0, 0.1) is 11.8 Å². The summed E-state index contributed by atoms with van der Waals surface area (Å²) in [7, 11) is 0. The van der Waals surface area contributed by atoms with Crippen molar-refractivity contribution >= 4 is 5.91 Å². The van der Waals surface area contributed by atoms with E-state index in [2.05, 4.69) is 12.1 Å². The number of rotatable bonds is 1. The minimum Gasteiger partial charge on any atom is -0.392 e. The Bertz CT molecular complexity index is 554. The van der Waals surface area contributed by atoms with Crippen LogP contribution >= 0.6 is 0 Å². The average Bonchev–Trinajstić information content (AvgIpc) is 2.75. The van der Waals surface area contributed by atoms with Crippen LogP contribution in [0.5, 0.6) is 0 Å². The van der Waals surface area contributed by atoms with Gasteiger partial charge in [0.25, 0.3) is 5.91 Å². The molecule has 2 fully saturated rings. The molecule has 0 spiro atoms. The van der Waals surface area contributed by atoms with Gasteiger partial charge >= 0.3 is 0 Å². The zero-order valence-electron chi connectivity index (χ0n) is 12.4. The monoisotopic (exact) mass is 285 g/mol. The van der Waals surface area contributed by atoms with E-state index in [1.807, 2.05) is 11.0 Å². The van der Waals surface area contributed by atoms with Gasteiger partial charge in [-0.1, -0.05) is 6.07 Å². The predicted molar refractivity (Wildman–Crippen MR) is 81.2 cm³/mol. The van der Waals surface area contributed by atoms with E-state index in [9.17, 15) is 9.90 Å². The van der Waals surface area contributed by atoms with Crippen molar-refractivity contribution in [2.75, 3.05) is 13.1 Å². The van der Waals surface area contributed by atoms with E-state index >= 15 is 0 Å². The minimum absolute atomic E-state index is 0.159. The van der Waals surface area contributed by atoms with E-state index in [1.165, 1.54) is 24.0 Å². The molecule has 1 aromatic carbocycles. The maximum atomic E-state index is 12.8. The summed E-state index contributed by atoms with van der Waals surface area (Å²) in [5, 5.41) is 10.1. The zero-order valence-corrected chi connectivity index (χ0v) is 12.4.